The predicted molar refractivity (Wildman–Crippen MR) is 49.6 cm³/mol. The first-order chi connectivity index (χ1) is 6.20. The van der Waals surface area contributed by atoms with Crippen LogP contribution in [0.15, 0.2) is 5.16 Å². The smallest absolute Gasteiger partial charge is 0.231 e. The van der Waals surface area contributed by atoms with E-state index in [1.54, 1.807) is 4.68 Å². The molecule has 0 saturated heterocycles. The molecule has 1 N–H and O–H groups in total. The topological polar surface area (TPSA) is 59.8 Å². The number of carbonyl (C=O) groups excluding carboxylic acids is 1. The molecule has 1 atom stereocenters. The molecular weight excluding hydrogens is 188 g/mol. The minimum Gasteiger partial charge on any atom is -0.294 e. The lowest BCUT2D eigenvalue weighted by atomic mass is 10.1. The number of amides is 1. The van der Waals surface area contributed by atoms with E-state index in [9.17, 15) is 4.79 Å². The Kier molecular flexibility index (Phi) is 1.99. The van der Waals surface area contributed by atoms with Crippen LogP contribution in [-0.4, -0.2) is 26.9 Å². The fourth-order valence-electron chi connectivity index (χ4n) is 1.20. The summed E-state index contributed by atoms with van der Waals surface area (Å²) in [6.07, 6.45) is 1.91. The molecule has 6 heteroatoms. The molecule has 1 amide bonds. The number of hydrogen-bond acceptors (Lipinski definition) is 4. The largest absolute Gasteiger partial charge is 0.294 e. The van der Waals surface area contributed by atoms with Gasteiger partial charge in [0.25, 0.3) is 0 Å². The molecule has 1 aliphatic rings. The number of hydrogen-bond donors (Lipinski definition) is 1. The van der Waals surface area contributed by atoms with Crippen LogP contribution in [0.3, 0.4) is 0 Å². The predicted octanol–water partition coefficient (Wildman–Crippen LogP) is 0.588. The van der Waals surface area contributed by atoms with Gasteiger partial charge in [0, 0.05) is 0 Å². The van der Waals surface area contributed by atoms with Crippen molar-refractivity contribution in [2.75, 3.05) is 11.6 Å². The van der Waals surface area contributed by atoms with Crippen LogP contribution in [0.4, 0.5) is 5.95 Å². The van der Waals surface area contributed by atoms with Gasteiger partial charge < -0.3 is 0 Å². The molecule has 5 nitrogen and oxygen atoms in total. The summed E-state index contributed by atoms with van der Waals surface area (Å²) in [5, 5.41) is 7.61. The number of fused-ring (bicyclic) bond motifs is 1. The van der Waals surface area contributed by atoms with E-state index < -0.39 is 0 Å². The maximum absolute atomic E-state index is 11.3. The summed E-state index contributed by atoms with van der Waals surface area (Å²) >= 11 is 1.47. The summed E-state index contributed by atoms with van der Waals surface area (Å²) in [5.41, 5.74) is 0. The van der Waals surface area contributed by atoms with Gasteiger partial charge in [-0.2, -0.15) is 4.98 Å². The molecule has 0 fully saturated rings. The van der Waals surface area contributed by atoms with E-state index in [0.29, 0.717) is 17.6 Å². The summed E-state index contributed by atoms with van der Waals surface area (Å²) < 4.78 is 1.73. The number of nitrogens with zero attached hydrogens (tertiary/aromatic N) is 3. The zero-order valence-electron chi connectivity index (χ0n) is 7.44. The number of carbonyl (C=O) groups is 1. The van der Waals surface area contributed by atoms with Crippen LogP contribution < -0.4 is 5.32 Å². The number of anilines is 1. The third kappa shape index (κ3) is 1.41. The molecule has 1 aliphatic heterocycles. The molecule has 0 saturated carbocycles. The third-order valence-corrected chi connectivity index (χ3v) is 2.50. The van der Waals surface area contributed by atoms with Gasteiger partial charge >= 0.3 is 0 Å². The minimum absolute atomic E-state index is 0.0209. The molecule has 70 valence electrons. The molecule has 2 heterocycles. The molecule has 0 radical (unpaired) electrons. The molecule has 0 bridgehead atoms. The molecular formula is C7H10N4OS. The van der Waals surface area contributed by atoms with Gasteiger partial charge in [0.15, 0.2) is 0 Å². The fraction of sp³-hybridized carbons (Fsp3) is 0.571. The molecule has 1 aromatic heterocycles. The van der Waals surface area contributed by atoms with Crippen molar-refractivity contribution >= 4 is 23.6 Å². The fourth-order valence-corrected chi connectivity index (χ4v) is 1.56. The number of nitrogens with one attached hydrogen (secondary N) is 1. The van der Waals surface area contributed by atoms with E-state index in [0.717, 1.165) is 0 Å². The molecule has 2 rings (SSSR count). The highest BCUT2D eigenvalue weighted by atomic mass is 32.2. The van der Waals surface area contributed by atoms with Crippen molar-refractivity contribution in [1.29, 1.82) is 0 Å². The van der Waals surface area contributed by atoms with Gasteiger partial charge in [-0.25, -0.2) is 4.68 Å². The second-order valence-corrected chi connectivity index (χ2v) is 3.77. The van der Waals surface area contributed by atoms with Gasteiger partial charge in [-0.15, -0.1) is 5.10 Å². The first-order valence-corrected chi connectivity index (χ1v) is 5.23. The molecule has 1 aromatic rings. The Labute approximate surface area is 79.9 Å². The molecule has 1 unspecified atom stereocenters. The van der Waals surface area contributed by atoms with Crippen LogP contribution in [-0.2, 0) is 11.3 Å². The lowest BCUT2D eigenvalue weighted by Gasteiger charge is -2.17. The van der Waals surface area contributed by atoms with E-state index in [1.165, 1.54) is 11.8 Å². The average Bonchev–Trinajstić information content (AvgIpc) is 2.48. The molecule has 0 aliphatic carbocycles. The van der Waals surface area contributed by atoms with Crippen molar-refractivity contribution in [3.05, 3.63) is 0 Å². The van der Waals surface area contributed by atoms with E-state index in [1.807, 2.05) is 13.2 Å². The average molecular weight is 198 g/mol. The standard InChI is InChI=1S/C7H10N4OS/c1-4-3-11-6(8-5(4)12)9-7(10-11)13-2/h4H,3H2,1-2H3,(H,8,9,10,12). The second-order valence-electron chi connectivity index (χ2n) is 2.99. The normalized spacial score (nSPS) is 21.1. The second kappa shape index (κ2) is 3.02. The number of rotatable bonds is 1. The summed E-state index contributed by atoms with van der Waals surface area (Å²) in [4.78, 5) is 15.4. The zero-order valence-corrected chi connectivity index (χ0v) is 8.26. The Hall–Kier alpha value is -1.04. The highest BCUT2D eigenvalue weighted by Gasteiger charge is 2.24. The highest BCUT2D eigenvalue weighted by Crippen LogP contribution is 2.19. The first kappa shape index (κ1) is 8.55. The van der Waals surface area contributed by atoms with Crippen LogP contribution in [0.2, 0.25) is 0 Å². The van der Waals surface area contributed by atoms with Crippen molar-refractivity contribution in [3.8, 4) is 0 Å². The van der Waals surface area contributed by atoms with Crippen LogP contribution in [0, 0.1) is 5.92 Å². The van der Waals surface area contributed by atoms with Gasteiger partial charge in [0.1, 0.15) is 0 Å². The quantitative estimate of drug-likeness (QED) is 0.671. The van der Waals surface area contributed by atoms with Crippen molar-refractivity contribution in [3.63, 3.8) is 0 Å². The number of aromatic nitrogens is 3. The van der Waals surface area contributed by atoms with E-state index in [-0.39, 0.29) is 11.8 Å². The van der Waals surface area contributed by atoms with E-state index in [2.05, 4.69) is 15.4 Å². The lowest BCUT2D eigenvalue weighted by molar-refractivity contribution is -0.120. The van der Waals surface area contributed by atoms with Gasteiger partial charge in [-0.3, -0.25) is 10.1 Å². The Bertz CT molecular complexity index is 348. The van der Waals surface area contributed by atoms with Crippen LogP contribution in [0.1, 0.15) is 6.92 Å². The zero-order chi connectivity index (χ0) is 9.42. The Morgan fingerprint density at radius 3 is 3.15 bits per heavy atom. The van der Waals surface area contributed by atoms with Crippen LogP contribution in [0.5, 0.6) is 0 Å². The van der Waals surface area contributed by atoms with Crippen molar-refractivity contribution in [2.45, 2.75) is 18.6 Å². The Balaban J connectivity index is 2.34. The Morgan fingerprint density at radius 1 is 1.69 bits per heavy atom. The molecule has 13 heavy (non-hydrogen) atoms. The SMILES string of the molecule is CSc1nc2n(n1)CC(C)C(=O)N2. The van der Waals surface area contributed by atoms with Crippen molar-refractivity contribution < 1.29 is 4.79 Å². The maximum atomic E-state index is 11.3. The monoisotopic (exact) mass is 198 g/mol. The van der Waals surface area contributed by atoms with Crippen LogP contribution >= 0.6 is 11.8 Å². The summed E-state index contributed by atoms with van der Waals surface area (Å²) in [6, 6.07) is 0. The molecule has 0 spiro atoms. The van der Waals surface area contributed by atoms with E-state index >= 15 is 0 Å². The lowest BCUT2D eigenvalue weighted by Crippen LogP contribution is -2.31. The van der Waals surface area contributed by atoms with Crippen molar-refractivity contribution in [1.82, 2.24) is 14.8 Å². The summed E-state index contributed by atoms with van der Waals surface area (Å²) in [6.45, 7) is 2.49. The van der Waals surface area contributed by atoms with Crippen molar-refractivity contribution in [2.24, 2.45) is 5.92 Å². The summed E-state index contributed by atoms with van der Waals surface area (Å²) in [7, 11) is 0. The van der Waals surface area contributed by atoms with Gasteiger partial charge in [-0.1, -0.05) is 18.7 Å². The minimum atomic E-state index is -0.0242. The van der Waals surface area contributed by atoms with Gasteiger partial charge in [-0.05, 0) is 6.26 Å². The third-order valence-electron chi connectivity index (χ3n) is 1.96. The van der Waals surface area contributed by atoms with E-state index in [4.69, 9.17) is 0 Å². The molecule has 0 aromatic carbocycles. The van der Waals surface area contributed by atoms with Gasteiger partial charge in [0.05, 0.1) is 12.5 Å². The Morgan fingerprint density at radius 2 is 2.46 bits per heavy atom. The first-order valence-electron chi connectivity index (χ1n) is 4.00. The summed E-state index contributed by atoms with van der Waals surface area (Å²) in [5.74, 6) is 0.559. The van der Waals surface area contributed by atoms with Crippen LogP contribution in [0.25, 0.3) is 0 Å². The maximum Gasteiger partial charge on any atom is 0.231 e. The van der Waals surface area contributed by atoms with Gasteiger partial charge in [0.2, 0.25) is 17.0 Å². The highest BCUT2D eigenvalue weighted by molar-refractivity contribution is 7.98. The number of thioether (sulfide) groups is 1.